The van der Waals surface area contributed by atoms with E-state index in [0.717, 1.165) is 31.4 Å². The first-order valence-corrected chi connectivity index (χ1v) is 10.8. The van der Waals surface area contributed by atoms with Crippen molar-refractivity contribution < 1.29 is 14.1 Å². The minimum absolute atomic E-state index is 0.0178. The van der Waals surface area contributed by atoms with E-state index in [-0.39, 0.29) is 29.5 Å². The molecule has 0 bridgehead atoms. The molecule has 2 aromatic heterocycles. The monoisotopic (exact) mass is 414 g/mol. The molecule has 8 heteroatoms. The number of hydrogen-bond acceptors (Lipinski definition) is 5. The summed E-state index contributed by atoms with van der Waals surface area (Å²) in [6.07, 6.45) is 9.87. The Balaban J connectivity index is 1.58. The van der Waals surface area contributed by atoms with E-state index in [2.05, 4.69) is 10.5 Å². The van der Waals surface area contributed by atoms with E-state index in [1.807, 2.05) is 37.7 Å². The van der Waals surface area contributed by atoms with Crippen molar-refractivity contribution in [2.24, 2.45) is 7.05 Å². The molecule has 162 valence electrons. The lowest BCUT2D eigenvalue weighted by Gasteiger charge is -2.24. The van der Waals surface area contributed by atoms with Gasteiger partial charge in [0.1, 0.15) is 11.8 Å². The molecule has 2 atom stereocenters. The van der Waals surface area contributed by atoms with Crippen molar-refractivity contribution in [3.8, 4) is 0 Å². The van der Waals surface area contributed by atoms with Crippen molar-refractivity contribution >= 4 is 11.6 Å². The summed E-state index contributed by atoms with van der Waals surface area (Å²) in [7, 11) is 1.87. The summed E-state index contributed by atoms with van der Waals surface area (Å²) in [5, 5.41) is 6.77. The molecule has 1 saturated carbocycles. The van der Waals surface area contributed by atoms with Gasteiger partial charge in [0.2, 0.25) is 0 Å². The zero-order valence-electron chi connectivity index (χ0n) is 18.1. The number of rotatable bonds is 4. The van der Waals surface area contributed by atoms with Crippen molar-refractivity contribution in [1.29, 1.82) is 0 Å². The second-order valence-corrected chi connectivity index (χ2v) is 8.39. The molecule has 1 amide bonds. The van der Waals surface area contributed by atoms with Crippen LogP contribution in [0.3, 0.4) is 0 Å². The van der Waals surface area contributed by atoms with Gasteiger partial charge in [-0.2, -0.15) is 0 Å². The fraction of sp³-hybridized carbons (Fsp3) is 0.591. The molecule has 0 spiro atoms. The summed E-state index contributed by atoms with van der Waals surface area (Å²) in [5.74, 6) is 0.115. The SMILES string of the molecule is Cc1c(C(=O)Nc2c(C)n(C)n(C3CCCCC3)c2=O)noc1[C@H]1CC=C[C@@H](C)O1. The summed E-state index contributed by atoms with van der Waals surface area (Å²) in [5.41, 5.74) is 1.70. The van der Waals surface area contributed by atoms with Crippen LogP contribution in [0.1, 0.15) is 85.1 Å². The maximum atomic E-state index is 13.1. The van der Waals surface area contributed by atoms with Crippen molar-refractivity contribution in [3.63, 3.8) is 0 Å². The van der Waals surface area contributed by atoms with Crippen LogP contribution in [0.2, 0.25) is 0 Å². The summed E-state index contributed by atoms with van der Waals surface area (Å²) in [4.78, 5) is 26.1. The molecule has 2 aliphatic rings. The molecule has 1 aliphatic carbocycles. The van der Waals surface area contributed by atoms with Crippen LogP contribution < -0.4 is 10.9 Å². The Hall–Kier alpha value is -2.61. The Kier molecular flexibility index (Phi) is 5.69. The third-order valence-electron chi connectivity index (χ3n) is 6.36. The molecule has 1 N–H and O–H groups in total. The molecule has 0 radical (unpaired) electrons. The quantitative estimate of drug-likeness (QED) is 0.765. The van der Waals surface area contributed by atoms with Crippen LogP contribution in [0.4, 0.5) is 5.69 Å². The molecule has 30 heavy (non-hydrogen) atoms. The molecule has 4 rings (SSSR count). The van der Waals surface area contributed by atoms with Gasteiger partial charge in [-0.1, -0.05) is 36.6 Å². The number of carbonyl (C=O) groups excluding carboxylic acids is 1. The first-order chi connectivity index (χ1) is 14.4. The average molecular weight is 415 g/mol. The zero-order chi connectivity index (χ0) is 21.4. The molecule has 3 heterocycles. The largest absolute Gasteiger partial charge is 0.363 e. The number of hydrogen-bond donors (Lipinski definition) is 1. The lowest BCUT2D eigenvalue weighted by molar-refractivity contribution is -0.00158. The third kappa shape index (κ3) is 3.64. The van der Waals surface area contributed by atoms with E-state index in [1.165, 1.54) is 6.42 Å². The van der Waals surface area contributed by atoms with Gasteiger partial charge in [0.25, 0.3) is 11.5 Å². The number of aromatic nitrogens is 3. The minimum atomic E-state index is -0.441. The van der Waals surface area contributed by atoms with Crippen LogP contribution >= 0.6 is 0 Å². The fourth-order valence-electron chi connectivity index (χ4n) is 4.57. The Labute approximate surface area is 175 Å². The molecule has 1 fully saturated rings. The maximum absolute atomic E-state index is 13.1. The molecule has 8 nitrogen and oxygen atoms in total. The number of carbonyl (C=O) groups is 1. The molecular formula is C22H30N4O4. The van der Waals surface area contributed by atoms with Gasteiger partial charge in [-0.15, -0.1) is 0 Å². The van der Waals surface area contributed by atoms with E-state index in [1.54, 1.807) is 11.6 Å². The minimum Gasteiger partial charge on any atom is -0.363 e. The number of ether oxygens (including phenoxy) is 1. The molecule has 0 saturated heterocycles. The molecular weight excluding hydrogens is 384 g/mol. The number of amides is 1. The van der Waals surface area contributed by atoms with Crippen LogP contribution in [0.25, 0.3) is 0 Å². The van der Waals surface area contributed by atoms with Gasteiger partial charge in [0.05, 0.1) is 17.8 Å². The fourth-order valence-corrected chi connectivity index (χ4v) is 4.57. The Morgan fingerprint density at radius 2 is 1.97 bits per heavy atom. The third-order valence-corrected chi connectivity index (χ3v) is 6.36. The summed E-state index contributed by atoms with van der Waals surface area (Å²) < 4.78 is 15.0. The number of anilines is 1. The highest BCUT2D eigenvalue weighted by atomic mass is 16.5. The van der Waals surface area contributed by atoms with Gasteiger partial charge >= 0.3 is 0 Å². The normalized spacial score (nSPS) is 22.4. The van der Waals surface area contributed by atoms with Crippen LogP contribution in [0.5, 0.6) is 0 Å². The van der Waals surface area contributed by atoms with Crippen molar-refractivity contribution in [1.82, 2.24) is 14.5 Å². The Bertz CT molecular complexity index is 1020. The molecule has 2 aromatic rings. The summed E-state index contributed by atoms with van der Waals surface area (Å²) >= 11 is 0. The van der Waals surface area contributed by atoms with Gasteiger partial charge in [0.15, 0.2) is 11.5 Å². The second-order valence-electron chi connectivity index (χ2n) is 8.39. The first kappa shape index (κ1) is 20.7. The maximum Gasteiger partial charge on any atom is 0.291 e. The molecule has 0 aromatic carbocycles. The van der Waals surface area contributed by atoms with Crippen LogP contribution in [0.15, 0.2) is 21.5 Å². The lowest BCUT2D eigenvalue weighted by atomic mass is 9.96. The first-order valence-electron chi connectivity index (χ1n) is 10.8. The standard InChI is InChI=1S/C22H30N4O4/c1-13-9-8-12-17(29-13)20-14(2)18(24-30-20)21(27)23-19-15(3)25(4)26(22(19)28)16-10-6-5-7-11-16/h8-9,13,16-17H,5-7,10-12H2,1-4H3,(H,23,27)/t13-,17-/m1/s1. The zero-order valence-corrected chi connectivity index (χ0v) is 18.1. The van der Waals surface area contributed by atoms with Crippen LogP contribution in [-0.2, 0) is 11.8 Å². The second kappa shape index (κ2) is 8.26. The number of nitrogens with zero attached hydrogens (tertiary/aromatic N) is 3. The predicted octanol–water partition coefficient (Wildman–Crippen LogP) is 3.96. The van der Waals surface area contributed by atoms with E-state index >= 15 is 0 Å². The van der Waals surface area contributed by atoms with E-state index < -0.39 is 5.91 Å². The number of nitrogens with one attached hydrogen (secondary N) is 1. The highest BCUT2D eigenvalue weighted by Crippen LogP contribution is 2.31. The lowest BCUT2D eigenvalue weighted by Crippen LogP contribution is -2.29. The molecule has 1 aliphatic heterocycles. The van der Waals surface area contributed by atoms with Gasteiger partial charge in [0, 0.05) is 12.6 Å². The predicted molar refractivity (Wildman–Crippen MR) is 113 cm³/mol. The summed E-state index contributed by atoms with van der Waals surface area (Å²) in [6.45, 7) is 5.60. The van der Waals surface area contributed by atoms with Gasteiger partial charge in [-0.25, -0.2) is 4.68 Å². The topological polar surface area (TPSA) is 91.3 Å². The Morgan fingerprint density at radius 3 is 2.67 bits per heavy atom. The van der Waals surface area contributed by atoms with E-state index in [9.17, 15) is 9.59 Å². The van der Waals surface area contributed by atoms with E-state index in [4.69, 9.17) is 9.26 Å². The van der Waals surface area contributed by atoms with E-state index in [0.29, 0.717) is 23.4 Å². The highest BCUT2D eigenvalue weighted by molar-refractivity contribution is 6.04. The smallest absolute Gasteiger partial charge is 0.291 e. The van der Waals surface area contributed by atoms with Crippen LogP contribution in [-0.4, -0.2) is 26.5 Å². The van der Waals surface area contributed by atoms with Gasteiger partial charge < -0.3 is 14.6 Å². The van der Waals surface area contributed by atoms with Crippen molar-refractivity contribution in [2.45, 2.75) is 77.5 Å². The van der Waals surface area contributed by atoms with Crippen molar-refractivity contribution in [3.05, 3.63) is 45.2 Å². The Morgan fingerprint density at radius 1 is 1.23 bits per heavy atom. The molecule has 0 unspecified atom stereocenters. The van der Waals surface area contributed by atoms with Crippen molar-refractivity contribution in [2.75, 3.05) is 5.32 Å². The highest BCUT2D eigenvalue weighted by Gasteiger charge is 2.29. The van der Waals surface area contributed by atoms with Crippen LogP contribution in [0, 0.1) is 13.8 Å². The van der Waals surface area contributed by atoms with Gasteiger partial charge in [-0.05, 0) is 40.0 Å². The summed E-state index contributed by atoms with van der Waals surface area (Å²) in [6, 6.07) is 0.180. The average Bonchev–Trinajstić information content (AvgIpc) is 3.22. The van der Waals surface area contributed by atoms with Gasteiger partial charge in [-0.3, -0.25) is 14.3 Å².